The molecule has 176 valence electrons. The van der Waals surface area contributed by atoms with Crippen molar-refractivity contribution in [2.45, 2.75) is 45.6 Å². The number of hydrogen-bond donors (Lipinski definition) is 0. The summed E-state index contributed by atoms with van der Waals surface area (Å²) in [5.74, 6) is 0.248. The van der Waals surface area contributed by atoms with Crippen molar-refractivity contribution in [3.05, 3.63) is 57.3 Å². The number of rotatable bonds is 4. The van der Waals surface area contributed by atoms with Crippen LogP contribution in [-0.4, -0.2) is 36.3 Å². The van der Waals surface area contributed by atoms with Crippen LogP contribution in [0.4, 0.5) is 0 Å². The van der Waals surface area contributed by atoms with Gasteiger partial charge in [0.1, 0.15) is 0 Å². The molecule has 2 heterocycles. The largest absolute Gasteiger partial charge is 0.316 e. The van der Waals surface area contributed by atoms with E-state index in [0.717, 1.165) is 22.2 Å². The number of fused-ring (bicyclic) bond motifs is 1. The second kappa shape index (κ2) is 9.33. The molecule has 1 fully saturated rings. The third-order valence-corrected chi connectivity index (χ3v) is 9.42. The van der Waals surface area contributed by atoms with Gasteiger partial charge in [-0.05, 0) is 74.1 Å². The van der Waals surface area contributed by atoms with Gasteiger partial charge in [0.15, 0.2) is 4.80 Å². The Labute approximate surface area is 203 Å². The Kier molecular flexibility index (Phi) is 6.82. The monoisotopic (exact) mass is 505 g/mol. The molecule has 0 radical (unpaired) electrons. The van der Waals surface area contributed by atoms with Crippen LogP contribution in [-0.2, 0) is 16.6 Å². The van der Waals surface area contributed by atoms with E-state index in [2.05, 4.69) is 18.8 Å². The Morgan fingerprint density at radius 1 is 1.12 bits per heavy atom. The molecule has 4 rings (SSSR count). The minimum absolute atomic E-state index is 0.205. The minimum Gasteiger partial charge on any atom is -0.316 e. The number of carbonyl (C=O) groups is 1. The molecule has 9 heteroatoms. The molecule has 3 aromatic rings. The highest BCUT2D eigenvalue weighted by Gasteiger charge is 2.31. The van der Waals surface area contributed by atoms with Crippen LogP contribution < -0.4 is 4.80 Å². The molecule has 1 aliphatic heterocycles. The van der Waals surface area contributed by atoms with E-state index < -0.39 is 15.9 Å². The van der Waals surface area contributed by atoms with Crippen LogP contribution in [0.2, 0.25) is 5.02 Å². The van der Waals surface area contributed by atoms with Crippen LogP contribution in [0.5, 0.6) is 0 Å². The van der Waals surface area contributed by atoms with Crippen LogP contribution >= 0.6 is 22.9 Å². The van der Waals surface area contributed by atoms with Crippen molar-refractivity contribution < 1.29 is 13.2 Å². The molecule has 1 saturated heterocycles. The summed E-state index contributed by atoms with van der Waals surface area (Å²) in [5.41, 5.74) is 2.29. The van der Waals surface area contributed by atoms with Gasteiger partial charge in [-0.15, -0.1) is 0 Å². The van der Waals surface area contributed by atoms with Crippen molar-refractivity contribution in [3.8, 4) is 0 Å². The van der Waals surface area contributed by atoms with Gasteiger partial charge in [0.2, 0.25) is 10.0 Å². The van der Waals surface area contributed by atoms with Crippen LogP contribution in [0.3, 0.4) is 0 Å². The van der Waals surface area contributed by atoms with Gasteiger partial charge in [-0.2, -0.15) is 9.30 Å². The fourth-order valence-electron chi connectivity index (χ4n) is 4.57. The van der Waals surface area contributed by atoms with E-state index in [1.54, 1.807) is 16.4 Å². The highest BCUT2D eigenvalue weighted by atomic mass is 35.5. The number of halogens is 1. The Hall–Kier alpha value is -2.00. The van der Waals surface area contributed by atoms with Gasteiger partial charge < -0.3 is 4.57 Å². The molecule has 0 spiro atoms. The van der Waals surface area contributed by atoms with Crippen LogP contribution in [0.25, 0.3) is 10.2 Å². The van der Waals surface area contributed by atoms with Crippen LogP contribution in [0, 0.1) is 18.8 Å². The smallest absolute Gasteiger partial charge is 0.279 e. The van der Waals surface area contributed by atoms with Crippen LogP contribution in [0.1, 0.15) is 43.1 Å². The van der Waals surface area contributed by atoms with Crippen molar-refractivity contribution in [2.75, 3.05) is 13.1 Å². The fraction of sp³-hybridized carbons (Fsp3) is 0.417. The zero-order valence-electron chi connectivity index (χ0n) is 19.2. The van der Waals surface area contributed by atoms with E-state index in [9.17, 15) is 13.2 Å². The quantitative estimate of drug-likeness (QED) is 0.495. The van der Waals surface area contributed by atoms with Crippen molar-refractivity contribution in [1.82, 2.24) is 8.87 Å². The highest BCUT2D eigenvalue weighted by molar-refractivity contribution is 7.89. The summed E-state index contributed by atoms with van der Waals surface area (Å²) >= 11 is 7.73. The predicted octanol–water partition coefficient (Wildman–Crippen LogP) is 5.09. The van der Waals surface area contributed by atoms with E-state index in [-0.39, 0.29) is 4.90 Å². The number of piperidine rings is 1. The van der Waals surface area contributed by atoms with E-state index in [0.29, 0.717) is 46.9 Å². The molecular formula is C24H28ClN3O3S2. The zero-order chi connectivity index (χ0) is 23.9. The number of sulfonamides is 1. The van der Waals surface area contributed by atoms with Gasteiger partial charge in [0, 0.05) is 30.2 Å². The Balaban J connectivity index is 1.65. The number of nitrogens with zero attached hydrogens (tertiary/aromatic N) is 3. The predicted molar refractivity (Wildman–Crippen MR) is 133 cm³/mol. The van der Waals surface area contributed by atoms with E-state index in [4.69, 9.17) is 11.6 Å². The SMILES string of the molecule is CCn1c(=NC(=O)c2ccc(S(=O)(=O)N3CC(C)CC(C)C3)cc2)sc2ccc(Cl)c(C)c21. The maximum absolute atomic E-state index is 13.1. The molecule has 2 unspecified atom stereocenters. The topological polar surface area (TPSA) is 71.7 Å². The van der Waals surface area contributed by atoms with E-state index in [1.165, 1.54) is 23.5 Å². The summed E-state index contributed by atoms with van der Waals surface area (Å²) in [6, 6.07) is 9.88. The standard InChI is InChI=1S/C24H28ClN3O3S2/c1-5-28-22-17(4)20(25)10-11-21(22)32-24(28)26-23(29)18-6-8-19(9-7-18)33(30,31)27-13-15(2)12-16(3)14-27/h6-11,15-16H,5,12-14H2,1-4H3. The lowest BCUT2D eigenvalue weighted by atomic mass is 9.94. The molecule has 0 N–H and O–H groups in total. The maximum Gasteiger partial charge on any atom is 0.279 e. The van der Waals surface area contributed by atoms with Gasteiger partial charge in [-0.1, -0.05) is 36.8 Å². The first kappa shape index (κ1) is 24.1. The number of amides is 1. The second-order valence-corrected chi connectivity index (χ2v) is 12.2. The van der Waals surface area contributed by atoms with Gasteiger partial charge in [0.25, 0.3) is 5.91 Å². The molecule has 2 atom stereocenters. The lowest BCUT2D eigenvalue weighted by molar-refractivity contribution is 0.0997. The molecule has 1 aliphatic rings. The summed E-state index contributed by atoms with van der Waals surface area (Å²) in [4.78, 5) is 18.0. The molecule has 0 bridgehead atoms. The Morgan fingerprint density at radius 3 is 2.36 bits per heavy atom. The molecule has 2 aromatic carbocycles. The summed E-state index contributed by atoms with van der Waals surface area (Å²) in [5, 5.41) is 0.676. The molecule has 33 heavy (non-hydrogen) atoms. The highest BCUT2D eigenvalue weighted by Crippen LogP contribution is 2.28. The summed E-state index contributed by atoms with van der Waals surface area (Å²) in [6.45, 7) is 9.80. The lowest BCUT2D eigenvalue weighted by Gasteiger charge is -2.34. The summed E-state index contributed by atoms with van der Waals surface area (Å²) < 4.78 is 30.7. The number of thiazole rings is 1. The van der Waals surface area contributed by atoms with E-state index >= 15 is 0 Å². The van der Waals surface area contributed by atoms with Crippen molar-refractivity contribution >= 4 is 49.1 Å². The molecular weight excluding hydrogens is 478 g/mol. The first-order valence-corrected chi connectivity index (χ1v) is 13.7. The van der Waals surface area contributed by atoms with Gasteiger partial charge in [-0.3, -0.25) is 4.79 Å². The molecule has 1 aromatic heterocycles. The maximum atomic E-state index is 13.1. The zero-order valence-corrected chi connectivity index (χ0v) is 21.6. The Morgan fingerprint density at radius 2 is 1.76 bits per heavy atom. The average molecular weight is 506 g/mol. The number of hydrogen-bond acceptors (Lipinski definition) is 4. The Bertz CT molecular complexity index is 1360. The third-order valence-electron chi connectivity index (χ3n) is 6.12. The van der Waals surface area contributed by atoms with Gasteiger partial charge in [-0.25, -0.2) is 8.42 Å². The molecule has 0 saturated carbocycles. The number of benzene rings is 2. The van der Waals surface area contributed by atoms with Crippen LogP contribution in [0.15, 0.2) is 46.3 Å². The first-order valence-electron chi connectivity index (χ1n) is 11.1. The summed E-state index contributed by atoms with van der Waals surface area (Å²) in [6.07, 6.45) is 1.03. The van der Waals surface area contributed by atoms with E-state index in [1.807, 2.05) is 30.5 Å². The molecule has 0 aliphatic carbocycles. The second-order valence-electron chi connectivity index (χ2n) is 8.86. The normalized spacial score (nSPS) is 20.5. The van der Waals surface area contributed by atoms with Crippen molar-refractivity contribution in [3.63, 3.8) is 0 Å². The number of carbonyl (C=O) groups excluding carboxylic acids is 1. The minimum atomic E-state index is -3.59. The van der Waals surface area contributed by atoms with Crippen molar-refractivity contribution in [1.29, 1.82) is 0 Å². The molecule has 1 amide bonds. The number of aryl methyl sites for hydroxylation is 2. The third kappa shape index (κ3) is 4.67. The molecule has 6 nitrogen and oxygen atoms in total. The first-order chi connectivity index (χ1) is 15.6. The fourth-order valence-corrected chi connectivity index (χ4v) is 7.55. The van der Waals surface area contributed by atoms with Crippen molar-refractivity contribution in [2.24, 2.45) is 16.8 Å². The van der Waals surface area contributed by atoms with Gasteiger partial charge >= 0.3 is 0 Å². The average Bonchev–Trinajstić information content (AvgIpc) is 3.13. The lowest BCUT2D eigenvalue weighted by Crippen LogP contribution is -2.42. The van der Waals surface area contributed by atoms with Gasteiger partial charge in [0.05, 0.1) is 15.1 Å². The summed E-state index contributed by atoms with van der Waals surface area (Å²) in [7, 11) is -3.59. The number of aromatic nitrogens is 1.